The molecule has 2 heterocycles. The fraction of sp³-hybridized carbons (Fsp3) is 0.500. The van der Waals surface area contributed by atoms with E-state index in [1.54, 1.807) is 32.9 Å². The molecule has 1 aromatic rings. The largest absolute Gasteiger partial charge is 0.339 e. The van der Waals surface area contributed by atoms with Gasteiger partial charge in [0.05, 0.1) is 0 Å². The number of nitrogens with zero attached hydrogens (tertiary/aromatic N) is 3. The van der Waals surface area contributed by atoms with E-state index in [4.69, 9.17) is 0 Å². The number of amides is 4. The average molecular weight is 386 g/mol. The number of benzene rings is 1. The molecule has 8 heteroatoms. The fourth-order valence-electron chi connectivity index (χ4n) is 3.55. The summed E-state index contributed by atoms with van der Waals surface area (Å²) < 4.78 is 0. The smallest absolute Gasteiger partial charge is 0.227 e. The summed E-state index contributed by atoms with van der Waals surface area (Å²) in [5, 5.41) is 2.80. The molecule has 3 rings (SSSR count). The average Bonchev–Trinajstić information content (AvgIpc) is 3.12. The number of carbonyl (C=O) groups is 4. The molecule has 150 valence electrons. The van der Waals surface area contributed by atoms with Gasteiger partial charge in [0.15, 0.2) is 0 Å². The molecular weight excluding hydrogens is 360 g/mol. The van der Waals surface area contributed by atoms with E-state index >= 15 is 0 Å². The Kier molecular flexibility index (Phi) is 6.28. The summed E-state index contributed by atoms with van der Waals surface area (Å²) in [4.78, 5) is 52.9. The molecule has 0 unspecified atom stereocenters. The first-order valence-electron chi connectivity index (χ1n) is 9.67. The summed E-state index contributed by atoms with van der Waals surface area (Å²) in [6, 6.07) is 7.20. The number of rotatable bonds is 5. The van der Waals surface area contributed by atoms with Gasteiger partial charge in [-0.15, -0.1) is 0 Å². The van der Waals surface area contributed by atoms with Gasteiger partial charge in [0.2, 0.25) is 23.6 Å². The number of carbonyl (C=O) groups excluding carboxylic acids is 4. The topological polar surface area (TPSA) is 90.0 Å². The molecule has 0 aromatic heterocycles. The van der Waals surface area contributed by atoms with Gasteiger partial charge in [0, 0.05) is 70.3 Å². The number of anilines is 2. The first-order chi connectivity index (χ1) is 13.4. The first kappa shape index (κ1) is 19.9. The van der Waals surface area contributed by atoms with Crippen LogP contribution in [0, 0.1) is 0 Å². The Bertz CT molecular complexity index is 771. The molecule has 2 saturated heterocycles. The third-order valence-corrected chi connectivity index (χ3v) is 5.16. The van der Waals surface area contributed by atoms with Crippen LogP contribution in [0.2, 0.25) is 0 Å². The molecule has 28 heavy (non-hydrogen) atoms. The van der Waals surface area contributed by atoms with Gasteiger partial charge in [-0.3, -0.25) is 19.2 Å². The van der Waals surface area contributed by atoms with Crippen molar-refractivity contribution in [3.05, 3.63) is 24.3 Å². The predicted molar refractivity (Wildman–Crippen MR) is 105 cm³/mol. The molecule has 4 amide bonds. The highest BCUT2D eigenvalue weighted by molar-refractivity contribution is 5.97. The predicted octanol–water partition coefficient (Wildman–Crippen LogP) is 1.22. The van der Waals surface area contributed by atoms with Crippen molar-refractivity contribution in [1.29, 1.82) is 0 Å². The van der Waals surface area contributed by atoms with Crippen LogP contribution in [0.5, 0.6) is 0 Å². The Hall–Kier alpha value is -2.90. The lowest BCUT2D eigenvalue weighted by Gasteiger charge is -2.34. The third kappa shape index (κ3) is 4.88. The van der Waals surface area contributed by atoms with Crippen LogP contribution in [0.1, 0.15) is 32.6 Å². The molecule has 1 N–H and O–H groups in total. The Labute approximate surface area is 164 Å². The summed E-state index contributed by atoms with van der Waals surface area (Å²) in [6.45, 7) is 4.31. The van der Waals surface area contributed by atoms with Crippen molar-refractivity contribution in [3.63, 3.8) is 0 Å². The molecule has 0 atom stereocenters. The Morgan fingerprint density at radius 2 is 1.71 bits per heavy atom. The van der Waals surface area contributed by atoms with E-state index in [0.29, 0.717) is 44.8 Å². The van der Waals surface area contributed by atoms with Crippen LogP contribution in [-0.2, 0) is 19.2 Å². The van der Waals surface area contributed by atoms with E-state index in [1.807, 2.05) is 6.07 Å². The quantitative estimate of drug-likeness (QED) is 0.824. The molecule has 2 fully saturated rings. The Morgan fingerprint density at radius 3 is 2.36 bits per heavy atom. The molecule has 0 saturated carbocycles. The number of hydrogen-bond acceptors (Lipinski definition) is 4. The van der Waals surface area contributed by atoms with Crippen LogP contribution in [0.4, 0.5) is 11.4 Å². The van der Waals surface area contributed by atoms with Gasteiger partial charge in [-0.1, -0.05) is 6.07 Å². The highest BCUT2D eigenvalue weighted by atomic mass is 16.2. The van der Waals surface area contributed by atoms with Crippen molar-refractivity contribution < 1.29 is 19.2 Å². The van der Waals surface area contributed by atoms with E-state index in [1.165, 1.54) is 6.92 Å². The Morgan fingerprint density at radius 1 is 1.00 bits per heavy atom. The van der Waals surface area contributed by atoms with E-state index < -0.39 is 0 Å². The number of piperazine rings is 1. The number of nitrogens with one attached hydrogen (secondary N) is 1. The lowest BCUT2D eigenvalue weighted by molar-refractivity contribution is -0.138. The third-order valence-electron chi connectivity index (χ3n) is 5.16. The lowest BCUT2D eigenvalue weighted by Crippen LogP contribution is -2.50. The molecule has 0 spiro atoms. The zero-order valence-corrected chi connectivity index (χ0v) is 16.1. The van der Waals surface area contributed by atoms with Crippen molar-refractivity contribution in [1.82, 2.24) is 9.80 Å². The van der Waals surface area contributed by atoms with Gasteiger partial charge in [-0.25, -0.2) is 0 Å². The minimum atomic E-state index is -0.236. The van der Waals surface area contributed by atoms with Crippen molar-refractivity contribution >= 4 is 35.0 Å². The maximum absolute atomic E-state index is 12.3. The Balaban J connectivity index is 1.46. The van der Waals surface area contributed by atoms with Gasteiger partial charge in [0.25, 0.3) is 0 Å². The molecular formula is C20H26N4O4. The molecule has 2 aliphatic heterocycles. The van der Waals surface area contributed by atoms with Gasteiger partial charge < -0.3 is 20.0 Å². The summed E-state index contributed by atoms with van der Waals surface area (Å²) in [6.07, 6.45) is 1.63. The highest BCUT2D eigenvalue weighted by Gasteiger charge is 2.23. The van der Waals surface area contributed by atoms with Crippen molar-refractivity contribution in [3.8, 4) is 0 Å². The molecule has 8 nitrogen and oxygen atoms in total. The summed E-state index contributed by atoms with van der Waals surface area (Å²) in [5.41, 5.74) is 1.39. The summed E-state index contributed by atoms with van der Waals surface area (Å²) in [5.74, 6) is -0.196. The normalized spacial score (nSPS) is 17.0. The second-order valence-electron chi connectivity index (χ2n) is 7.13. The zero-order chi connectivity index (χ0) is 20.1. The SMILES string of the molecule is CC(=O)N1CCN(C(=O)CCC(=O)Nc2cccc(N3CCCC3=O)c2)CC1. The van der Waals surface area contributed by atoms with Crippen LogP contribution in [-0.4, -0.2) is 66.2 Å². The van der Waals surface area contributed by atoms with Gasteiger partial charge >= 0.3 is 0 Å². The lowest BCUT2D eigenvalue weighted by atomic mass is 10.2. The van der Waals surface area contributed by atoms with Crippen molar-refractivity contribution in [2.75, 3.05) is 42.9 Å². The maximum atomic E-state index is 12.3. The minimum Gasteiger partial charge on any atom is -0.339 e. The monoisotopic (exact) mass is 386 g/mol. The number of hydrogen-bond donors (Lipinski definition) is 1. The fourth-order valence-corrected chi connectivity index (χ4v) is 3.55. The van der Waals surface area contributed by atoms with E-state index in [9.17, 15) is 19.2 Å². The second-order valence-corrected chi connectivity index (χ2v) is 7.13. The van der Waals surface area contributed by atoms with E-state index in [0.717, 1.165) is 12.1 Å². The van der Waals surface area contributed by atoms with Crippen LogP contribution in [0.15, 0.2) is 24.3 Å². The molecule has 1 aromatic carbocycles. The first-order valence-corrected chi connectivity index (χ1v) is 9.67. The zero-order valence-electron chi connectivity index (χ0n) is 16.1. The second kappa shape index (κ2) is 8.86. The summed E-state index contributed by atoms with van der Waals surface area (Å²) in [7, 11) is 0. The molecule has 0 aliphatic carbocycles. The molecule has 2 aliphatic rings. The summed E-state index contributed by atoms with van der Waals surface area (Å²) >= 11 is 0. The molecule has 0 bridgehead atoms. The van der Waals surface area contributed by atoms with Crippen molar-refractivity contribution in [2.24, 2.45) is 0 Å². The van der Waals surface area contributed by atoms with Crippen LogP contribution in [0.25, 0.3) is 0 Å². The van der Waals surface area contributed by atoms with Crippen LogP contribution in [0.3, 0.4) is 0 Å². The van der Waals surface area contributed by atoms with Gasteiger partial charge in [-0.2, -0.15) is 0 Å². The van der Waals surface area contributed by atoms with Gasteiger partial charge in [0.1, 0.15) is 0 Å². The van der Waals surface area contributed by atoms with Crippen molar-refractivity contribution in [2.45, 2.75) is 32.6 Å². The minimum absolute atomic E-state index is 0.0179. The van der Waals surface area contributed by atoms with Gasteiger partial charge in [-0.05, 0) is 24.6 Å². The standard InChI is InChI=1S/C20H26N4O4/c1-15(25)22-10-12-23(13-11-22)19(27)8-7-18(26)21-16-4-2-5-17(14-16)24-9-3-6-20(24)28/h2,4-5,14H,3,6-13H2,1H3,(H,21,26). The maximum Gasteiger partial charge on any atom is 0.227 e. The van der Waals surface area contributed by atoms with Crippen LogP contribution < -0.4 is 10.2 Å². The van der Waals surface area contributed by atoms with E-state index in [-0.39, 0.29) is 36.5 Å². The van der Waals surface area contributed by atoms with Crippen LogP contribution >= 0.6 is 0 Å². The molecule has 0 radical (unpaired) electrons. The van der Waals surface area contributed by atoms with E-state index in [2.05, 4.69) is 5.32 Å². The highest BCUT2D eigenvalue weighted by Crippen LogP contribution is 2.24.